The van der Waals surface area contributed by atoms with Gasteiger partial charge in [0, 0.05) is 17.3 Å². The van der Waals surface area contributed by atoms with E-state index in [1.165, 1.54) is 0 Å². The molecule has 1 atom stereocenters. The van der Waals surface area contributed by atoms with Crippen molar-refractivity contribution < 1.29 is 9.90 Å². The fraction of sp³-hybridized carbons (Fsp3) is 0.643. The van der Waals surface area contributed by atoms with Crippen LogP contribution >= 0.6 is 0 Å². The molecular formula is C14H21N3O2. The molecule has 1 aliphatic rings. The first kappa shape index (κ1) is 13.9. The fourth-order valence-electron chi connectivity index (χ4n) is 2.43. The fourth-order valence-corrected chi connectivity index (χ4v) is 2.43. The number of aliphatic carboxylic acids is 1. The molecule has 1 fully saturated rings. The number of rotatable bonds is 3. The monoisotopic (exact) mass is 263 g/mol. The summed E-state index contributed by atoms with van der Waals surface area (Å²) in [6.45, 7) is 5.67. The average Bonchev–Trinajstić information content (AvgIpc) is 2.37. The van der Waals surface area contributed by atoms with E-state index in [1.54, 1.807) is 6.92 Å². The molecule has 0 bridgehead atoms. The highest BCUT2D eigenvalue weighted by molar-refractivity contribution is 5.74. The van der Waals surface area contributed by atoms with Crippen LogP contribution in [0.3, 0.4) is 0 Å². The first-order chi connectivity index (χ1) is 8.97. The number of hydrogen-bond acceptors (Lipinski definition) is 4. The summed E-state index contributed by atoms with van der Waals surface area (Å²) in [4.78, 5) is 22.1. The second kappa shape index (κ2) is 5.65. The van der Waals surface area contributed by atoms with Gasteiger partial charge in [-0.15, -0.1) is 0 Å². The van der Waals surface area contributed by atoms with E-state index in [2.05, 4.69) is 21.9 Å². The molecule has 0 aromatic carbocycles. The van der Waals surface area contributed by atoms with E-state index < -0.39 is 11.9 Å². The van der Waals surface area contributed by atoms with Crippen LogP contribution in [0.15, 0.2) is 6.07 Å². The lowest BCUT2D eigenvalue weighted by Crippen LogP contribution is -2.29. The lowest BCUT2D eigenvalue weighted by atomic mass is 9.93. The number of aryl methyl sites for hydroxylation is 1. The van der Waals surface area contributed by atoms with E-state index in [1.807, 2.05) is 13.0 Å². The van der Waals surface area contributed by atoms with Gasteiger partial charge in [0.2, 0.25) is 0 Å². The molecule has 104 valence electrons. The number of hydrogen-bond donors (Lipinski definition) is 1. The van der Waals surface area contributed by atoms with Gasteiger partial charge in [0.25, 0.3) is 0 Å². The molecule has 1 aliphatic heterocycles. The van der Waals surface area contributed by atoms with Crippen LogP contribution < -0.4 is 0 Å². The molecule has 0 spiro atoms. The van der Waals surface area contributed by atoms with Crippen LogP contribution in [0.25, 0.3) is 0 Å². The SMILES string of the molecule is Cc1cc(C2CCN(C)CC2)nc(C(C)C(=O)O)n1. The molecule has 2 heterocycles. The van der Waals surface area contributed by atoms with Gasteiger partial charge >= 0.3 is 5.97 Å². The van der Waals surface area contributed by atoms with E-state index in [0.29, 0.717) is 11.7 Å². The van der Waals surface area contributed by atoms with Crippen molar-refractivity contribution in [3.63, 3.8) is 0 Å². The number of nitrogens with zero attached hydrogens (tertiary/aromatic N) is 3. The van der Waals surface area contributed by atoms with Gasteiger partial charge < -0.3 is 10.0 Å². The molecule has 1 saturated heterocycles. The normalized spacial score (nSPS) is 19.3. The number of piperidine rings is 1. The van der Waals surface area contributed by atoms with Gasteiger partial charge in [-0.25, -0.2) is 9.97 Å². The summed E-state index contributed by atoms with van der Waals surface area (Å²) in [5.74, 6) is -0.663. The van der Waals surface area contributed by atoms with Gasteiger partial charge in [0.15, 0.2) is 0 Å². The zero-order valence-electron chi connectivity index (χ0n) is 11.8. The molecule has 0 amide bonds. The largest absolute Gasteiger partial charge is 0.481 e. The molecule has 5 heteroatoms. The van der Waals surface area contributed by atoms with E-state index in [-0.39, 0.29) is 0 Å². The van der Waals surface area contributed by atoms with Crippen LogP contribution in [0.5, 0.6) is 0 Å². The van der Waals surface area contributed by atoms with E-state index >= 15 is 0 Å². The van der Waals surface area contributed by atoms with Crippen LogP contribution in [0.4, 0.5) is 0 Å². The molecule has 1 unspecified atom stereocenters. The molecule has 1 N–H and O–H groups in total. The third-order valence-electron chi connectivity index (χ3n) is 3.79. The highest BCUT2D eigenvalue weighted by Crippen LogP contribution is 2.27. The van der Waals surface area contributed by atoms with Crippen molar-refractivity contribution in [2.45, 2.75) is 38.5 Å². The maximum atomic E-state index is 11.1. The van der Waals surface area contributed by atoms with Crippen molar-refractivity contribution in [3.05, 3.63) is 23.3 Å². The van der Waals surface area contributed by atoms with E-state index in [9.17, 15) is 4.79 Å². The Balaban J connectivity index is 2.24. The Morgan fingerprint density at radius 2 is 2.05 bits per heavy atom. The maximum absolute atomic E-state index is 11.1. The minimum atomic E-state index is -0.875. The molecule has 1 aromatic rings. The Kier molecular flexibility index (Phi) is 4.14. The van der Waals surface area contributed by atoms with E-state index in [4.69, 9.17) is 5.11 Å². The van der Waals surface area contributed by atoms with Gasteiger partial charge in [-0.05, 0) is 52.9 Å². The molecule has 0 aliphatic carbocycles. The summed E-state index contributed by atoms with van der Waals surface area (Å²) in [5.41, 5.74) is 1.86. The minimum absolute atomic E-state index is 0.428. The Morgan fingerprint density at radius 1 is 1.42 bits per heavy atom. The van der Waals surface area contributed by atoms with Gasteiger partial charge in [-0.1, -0.05) is 0 Å². The maximum Gasteiger partial charge on any atom is 0.313 e. The van der Waals surface area contributed by atoms with Gasteiger partial charge in [-0.2, -0.15) is 0 Å². The third-order valence-corrected chi connectivity index (χ3v) is 3.79. The third kappa shape index (κ3) is 3.29. The number of carboxylic acids is 1. The van der Waals surface area contributed by atoms with Gasteiger partial charge in [0.1, 0.15) is 11.7 Å². The summed E-state index contributed by atoms with van der Waals surface area (Å²) in [5, 5.41) is 9.08. The van der Waals surface area contributed by atoms with Gasteiger partial charge in [-0.3, -0.25) is 4.79 Å². The van der Waals surface area contributed by atoms with Crippen molar-refractivity contribution in [2.75, 3.05) is 20.1 Å². The molecule has 5 nitrogen and oxygen atoms in total. The number of aromatic nitrogens is 2. The Bertz CT molecular complexity index is 468. The molecule has 2 rings (SSSR count). The van der Waals surface area contributed by atoms with Crippen LogP contribution in [0.1, 0.15) is 48.8 Å². The lowest BCUT2D eigenvalue weighted by molar-refractivity contribution is -0.138. The molecule has 19 heavy (non-hydrogen) atoms. The molecule has 0 radical (unpaired) electrons. The second-order valence-electron chi connectivity index (χ2n) is 5.43. The molecule has 1 aromatic heterocycles. The lowest BCUT2D eigenvalue weighted by Gasteiger charge is -2.28. The average molecular weight is 263 g/mol. The quantitative estimate of drug-likeness (QED) is 0.900. The first-order valence-electron chi connectivity index (χ1n) is 6.74. The predicted octanol–water partition coefficient (Wildman–Crippen LogP) is 1.78. The standard InChI is InChI=1S/C14H21N3O2/c1-9-8-12(11-4-6-17(3)7-5-11)16-13(15-9)10(2)14(18)19/h8,10-11H,4-7H2,1-3H3,(H,18,19). The summed E-state index contributed by atoms with van der Waals surface area (Å²) in [6, 6.07) is 1.99. The predicted molar refractivity (Wildman–Crippen MR) is 72.3 cm³/mol. The summed E-state index contributed by atoms with van der Waals surface area (Å²) in [7, 11) is 2.12. The number of carbonyl (C=O) groups is 1. The van der Waals surface area contributed by atoms with Crippen LogP contribution in [-0.4, -0.2) is 46.1 Å². The highest BCUT2D eigenvalue weighted by Gasteiger charge is 2.23. The Labute approximate surface area is 113 Å². The van der Waals surface area contributed by atoms with Crippen molar-refractivity contribution in [1.29, 1.82) is 0 Å². The van der Waals surface area contributed by atoms with Crippen LogP contribution in [0.2, 0.25) is 0 Å². The van der Waals surface area contributed by atoms with Crippen molar-refractivity contribution in [2.24, 2.45) is 0 Å². The summed E-state index contributed by atoms with van der Waals surface area (Å²) < 4.78 is 0. The Morgan fingerprint density at radius 3 is 2.63 bits per heavy atom. The van der Waals surface area contributed by atoms with E-state index in [0.717, 1.165) is 37.3 Å². The number of likely N-dealkylation sites (tertiary alicyclic amines) is 1. The highest BCUT2D eigenvalue weighted by atomic mass is 16.4. The second-order valence-corrected chi connectivity index (χ2v) is 5.43. The zero-order valence-corrected chi connectivity index (χ0v) is 11.8. The number of carboxylic acid groups (broad SMARTS) is 1. The summed E-state index contributed by atoms with van der Waals surface area (Å²) in [6.07, 6.45) is 2.15. The minimum Gasteiger partial charge on any atom is -0.481 e. The zero-order chi connectivity index (χ0) is 14.0. The summed E-state index contributed by atoms with van der Waals surface area (Å²) >= 11 is 0. The molecular weight excluding hydrogens is 242 g/mol. The van der Waals surface area contributed by atoms with Crippen molar-refractivity contribution >= 4 is 5.97 Å². The van der Waals surface area contributed by atoms with Crippen molar-refractivity contribution in [1.82, 2.24) is 14.9 Å². The molecule has 0 saturated carbocycles. The smallest absolute Gasteiger partial charge is 0.313 e. The van der Waals surface area contributed by atoms with Crippen LogP contribution in [-0.2, 0) is 4.79 Å². The van der Waals surface area contributed by atoms with Gasteiger partial charge in [0.05, 0.1) is 0 Å². The van der Waals surface area contributed by atoms with Crippen molar-refractivity contribution in [3.8, 4) is 0 Å². The first-order valence-corrected chi connectivity index (χ1v) is 6.74. The topological polar surface area (TPSA) is 66.3 Å². The Hall–Kier alpha value is -1.49. The van der Waals surface area contributed by atoms with Crippen LogP contribution in [0, 0.1) is 6.92 Å².